The summed E-state index contributed by atoms with van der Waals surface area (Å²) in [7, 11) is -3.88. The van der Waals surface area contributed by atoms with Gasteiger partial charge in [-0.2, -0.15) is 0 Å². The number of halogens is 2. The van der Waals surface area contributed by atoms with E-state index in [0.717, 1.165) is 5.57 Å². The minimum Gasteiger partial charge on any atom is -0.339 e. The second-order valence-corrected chi connectivity index (χ2v) is 9.08. The lowest BCUT2D eigenvalue weighted by Crippen LogP contribution is -2.30. The molecule has 8 heteroatoms. The van der Waals surface area contributed by atoms with Gasteiger partial charge >= 0.3 is 0 Å². The molecule has 2 aromatic rings. The molecule has 168 valence electrons. The maximum absolute atomic E-state index is 13.9. The van der Waals surface area contributed by atoms with Crippen LogP contribution in [0.4, 0.5) is 4.39 Å². The fraction of sp³-hybridized carbons (Fsp3) is 0.348. The van der Waals surface area contributed by atoms with Gasteiger partial charge in [0.2, 0.25) is 9.84 Å². The van der Waals surface area contributed by atoms with Crippen LogP contribution in [0.3, 0.4) is 0 Å². The van der Waals surface area contributed by atoms with E-state index >= 15 is 0 Å². The molecule has 1 amide bonds. The van der Waals surface area contributed by atoms with Gasteiger partial charge in [-0.25, -0.2) is 12.8 Å². The zero-order valence-electron chi connectivity index (χ0n) is 17.7. The molecule has 0 atom stereocenters. The molecule has 1 N–H and O–H groups in total. The van der Waals surface area contributed by atoms with Gasteiger partial charge in [0.05, 0.1) is 9.80 Å². The summed E-state index contributed by atoms with van der Waals surface area (Å²) in [6.07, 6.45) is 1.17. The van der Waals surface area contributed by atoms with Crippen LogP contribution in [-0.2, 0) is 9.84 Å². The molecule has 0 aliphatic carbocycles. The van der Waals surface area contributed by atoms with Crippen LogP contribution in [0, 0.1) is 5.82 Å². The Kier molecular flexibility index (Phi) is 8.79. The predicted octanol–water partition coefficient (Wildman–Crippen LogP) is 4.30. The summed E-state index contributed by atoms with van der Waals surface area (Å²) < 4.78 is 41.0. The number of rotatable bonds is 6. The van der Waals surface area contributed by atoms with Crippen LogP contribution in [0.2, 0.25) is 0 Å². The first-order chi connectivity index (χ1) is 14.4. The molecule has 1 fully saturated rings. The highest BCUT2D eigenvalue weighted by molar-refractivity contribution is 8.00. The average molecular weight is 467 g/mol. The number of piperidine rings is 1. The van der Waals surface area contributed by atoms with Crippen LogP contribution in [-0.4, -0.2) is 45.4 Å². The van der Waals surface area contributed by atoms with Crippen LogP contribution in [0.5, 0.6) is 0 Å². The first kappa shape index (κ1) is 25.0. The summed E-state index contributed by atoms with van der Waals surface area (Å²) >= 11 is 0. The number of benzene rings is 2. The Morgan fingerprint density at radius 2 is 1.61 bits per heavy atom. The van der Waals surface area contributed by atoms with Crippen molar-refractivity contribution in [2.24, 2.45) is 0 Å². The lowest BCUT2D eigenvalue weighted by molar-refractivity contribution is 0.0773. The Bertz CT molecular complexity index is 1040. The second-order valence-electron chi connectivity index (χ2n) is 7.20. The van der Waals surface area contributed by atoms with E-state index < -0.39 is 15.7 Å². The van der Waals surface area contributed by atoms with Crippen LogP contribution in [0.1, 0.15) is 42.6 Å². The summed E-state index contributed by atoms with van der Waals surface area (Å²) in [4.78, 5) is 14.5. The van der Waals surface area contributed by atoms with Crippen molar-refractivity contribution in [3.05, 3.63) is 71.0 Å². The van der Waals surface area contributed by atoms with Gasteiger partial charge in [0.1, 0.15) is 5.82 Å². The average Bonchev–Trinajstić information content (AvgIpc) is 2.75. The second kappa shape index (κ2) is 10.9. The molecule has 1 heterocycles. The van der Waals surface area contributed by atoms with Gasteiger partial charge in [-0.1, -0.05) is 12.1 Å². The lowest BCUT2D eigenvalue weighted by Gasteiger charge is -2.21. The number of carbonyl (C=O) groups excluding carboxylic acids is 1. The number of amides is 1. The van der Waals surface area contributed by atoms with Crippen molar-refractivity contribution in [2.75, 3.05) is 26.2 Å². The molecule has 5 nitrogen and oxygen atoms in total. The largest absolute Gasteiger partial charge is 0.339 e. The lowest BCUT2D eigenvalue weighted by atomic mass is 10.0. The zero-order valence-corrected chi connectivity index (χ0v) is 19.4. The van der Waals surface area contributed by atoms with Gasteiger partial charge in [0.25, 0.3) is 5.91 Å². The number of sulfone groups is 1. The summed E-state index contributed by atoms with van der Waals surface area (Å²) in [5.74, 6) is -0.610. The van der Waals surface area contributed by atoms with E-state index in [0.29, 0.717) is 50.1 Å². The monoisotopic (exact) mass is 466 g/mol. The molecule has 0 bridgehead atoms. The molecule has 31 heavy (non-hydrogen) atoms. The standard InChI is InChI=1S/C23H27FN2O3S.ClH/c1-3-26(4-2)23(27)18-8-10-21(11-9-18)30(28,29)22(17-12-14-25-15-13-17)19-6-5-7-20(24)16-19;/h5-11,16,25H,3-4,12-15H2,1-2H3;1H. The molecule has 0 saturated carbocycles. The smallest absolute Gasteiger partial charge is 0.253 e. The van der Waals surface area contributed by atoms with Crippen molar-refractivity contribution in [3.8, 4) is 0 Å². The summed E-state index contributed by atoms with van der Waals surface area (Å²) in [5, 5.41) is 3.22. The van der Waals surface area contributed by atoms with Crippen LogP contribution in [0.25, 0.3) is 4.91 Å². The van der Waals surface area contributed by atoms with Gasteiger partial charge in [-0.15, -0.1) is 12.4 Å². The Labute approximate surface area is 189 Å². The topological polar surface area (TPSA) is 66.5 Å². The molecule has 0 aromatic heterocycles. The molecule has 0 spiro atoms. The van der Waals surface area contributed by atoms with Crippen molar-refractivity contribution < 1.29 is 17.6 Å². The Morgan fingerprint density at radius 1 is 1.00 bits per heavy atom. The van der Waals surface area contributed by atoms with E-state index in [4.69, 9.17) is 0 Å². The van der Waals surface area contributed by atoms with E-state index in [1.54, 1.807) is 23.1 Å². The quantitative estimate of drug-likeness (QED) is 0.689. The van der Waals surface area contributed by atoms with Gasteiger partial charge in [0.15, 0.2) is 0 Å². The zero-order chi connectivity index (χ0) is 21.7. The van der Waals surface area contributed by atoms with Crippen molar-refractivity contribution in [1.29, 1.82) is 0 Å². The maximum Gasteiger partial charge on any atom is 0.253 e. The Morgan fingerprint density at radius 3 is 2.16 bits per heavy atom. The Balaban J connectivity index is 0.00000341. The van der Waals surface area contributed by atoms with E-state index in [2.05, 4.69) is 5.32 Å². The van der Waals surface area contributed by atoms with E-state index in [-0.39, 0.29) is 28.1 Å². The fourth-order valence-electron chi connectivity index (χ4n) is 3.72. The minimum absolute atomic E-state index is 0. The first-order valence-electron chi connectivity index (χ1n) is 10.2. The number of hydrogen-bond donors (Lipinski definition) is 1. The summed E-state index contributed by atoms with van der Waals surface area (Å²) in [6.45, 7) is 6.33. The molecule has 2 aromatic carbocycles. The van der Waals surface area contributed by atoms with Crippen molar-refractivity contribution >= 4 is 33.1 Å². The third-order valence-corrected chi connectivity index (χ3v) is 7.30. The summed E-state index contributed by atoms with van der Waals surface area (Å²) in [5.41, 5.74) is 1.59. The van der Waals surface area contributed by atoms with Gasteiger partial charge < -0.3 is 10.2 Å². The molecular weight excluding hydrogens is 439 g/mol. The number of hydrogen-bond acceptors (Lipinski definition) is 4. The van der Waals surface area contributed by atoms with Crippen LogP contribution in [0.15, 0.2) is 59.0 Å². The molecule has 0 unspecified atom stereocenters. The molecule has 1 saturated heterocycles. The van der Waals surface area contributed by atoms with Gasteiger partial charge in [-0.05, 0) is 87.3 Å². The predicted molar refractivity (Wildman–Crippen MR) is 124 cm³/mol. The third kappa shape index (κ3) is 5.53. The van der Waals surface area contributed by atoms with Crippen LogP contribution >= 0.6 is 12.4 Å². The van der Waals surface area contributed by atoms with Crippen molar-refractivity contribution in [3.63, 3.8) is 0 Å². The Hall–Kier alpha value is -2.22. The fourth-order valence-corrected chi connectivity index (χ4v) is 5.47. The molecule has 1 aliphatic heterocycles. The number of nitrogens with one attached hydrogen (secondary N) is 1. The summed E-state index contributed by atoms with van der Waals surface area (Å²) in [6, 6.07) is 11.7. The molecule has 3 rings (SSSR count). The molecule has 0 radical (unpaired) electrons. The van der Waals surface area contributed by atoms with E-state index in [1.807, 2.05) is 13.8 Å². The highest BCUT2D eigenvalue weighted by atomic mass is 35.5. The number of carbonyl (C=O) groups is 1. The maximum atomic E-state index is 13.9. The SMILES string of the molecule is CCN(CC)C(=O)c1ccc(S(=O)(=O)C(=C2CCNCC2)c2cccc(F)c2)cc1.Cl. The third-order valence-electron chi connectivity index (χ3n) is 5.35. The number of nitrogens with zero attached hydrogens (tertiary/aromatic N) is 1. The highest BCUT2D eigenvalue weighted by Gasteiger charge is 2.27. The molecule has 1 aliphatic rings. The van der Waals surface area contributed by atoms with E-state index in [9.17, 15) is 17.6 Å². The highest BCUT2D eigenvalue weighted by Crippen LogP contribution is 2.34. The van der Waals surface area contributed by atoms with E-state index in [1.165, 1.54) is 30.3 Å². The molecular formula is C23H28ClFN2O3S. The van der Waals surface area contributed by atoms with Crippen LogP contribution < -0.4 is 5.32 Å². The van der Waals surface area contributed by atoms with Gasteiger partial charge in [-0.3, -0.25) is 4.79 Å². The first-order valence-corrected chi connectivity index (χ1v) is 11.7. The van der Waals surface area contributed by atoms with Crippen molar-refractivity contribution in [1.82, 2.24) is 10.2 Å². The minimum atomic E-state index is -3.88. The van der Waals surface area contributed by atoms with Gasteiger partial charge in [0, 0.05) is 18.7 Å². The van der Waals surface area contributed by atoms with Crippen molar-refractivity contribution in [2.45, 2.75) is 31.6 Å². The normalized spacial score (nSPS) is 14.0.